The molecule has 2 heterocycles. The number of para-hydroxylation sites is 1. The summed E-state index contributed by atoms with van der Waals surface area (Å²) < 4.78 is 7.10. The predicted molar refractivity (Wildman–Crippen MR) is 113 cm³/mol. The third-order valence-electron chi connectivity index (χ3n) is 5.34. The topological polar surface area (TPSA) is 89.4 Å². The van der Waals surface area contributed by atoms with Crippen LogP contribution in [0.1, 0.15) is 55.2 Å². The number of carbonyl (C=O) groups is 2. The van der Waals surface area contributed by atoms with Crippen molar-refractivity contribution in [2.75, 3.05) is 26.7 Å². The molecule has 0 aliphatic carbocycles. The number of aromatic nitrogens is 3. The van der Waals surface area contributed by atoms with E-state index in [0.29, 0.717) is 37.5 Å². The summed E-state index contributed by atoms with van der Waals surface area (Å²) in [5, 5.41) is 11.0. The molecule has 1 aromatic heterocycles. The molecule has 2 amide bonds. The lowest BCUT2D eigenvalue weighted by molar-refractivity contribution is -0.132. The number of carbonyl (C=O) groups excluding carboxylic acids is 2. The highest BCUT2D eigenvalue weighted by molar-refractivity contribution is 5.91. The van der Waals surface area contributed by atoms with Gasteiger partial charge in [-0.1, -0.05) is 37.3 Å². The molecular formula is C22H31N5O3. The minimum Gasteiger partial charge on any atom is -0.496 e. The second-order valence-corrected chi connectivity index (χ2v) is 8.14. The third-order valence-corrected chi connectivity index (χ3v) is 5.34. The van der Waals surface area contributed by atoms with E-state index in [9.17, 15) is 9.59 Å². The summed E-state index contributed by atoms with van der Waals surface area (Å²) >= 11 is 0. The summed E-state index contributed by atoms with van der Waals surface area (Å²) in [6.45, 7) is 6.01. The molecule has 0 bridgehead atoms. The van der Waals surface area contributed by atoms with E-state index in [2.05, 4.69) is 15.6 Å². The molecular weight excluding hydrogens is 382 g/mol. The van der Waals surface area contributed by atoms with Crippen molar-refractivity contribution in [2.45, 2.75) is 45.6 Å². The van der Waals surface area contributed by atoms with Gasteiger partial charge in [0.1, 0.15) is 5.75 Å². The van der Waals surface area contributed by atoms with Gasteiger partial charge in [-0.05, 0) is 36.8 Å². The van der Waals surface area contributed by atoms with Crippen LogP contribution in [0.3, 0.4) is 0 Å². The number of ether oxygens (including phenoxy) is 1. The van der Waals surface area contributed by atoms with Gasteiger partial charge in [0.25, 0.3) is 5.91 Å². The fourth-order valence-corrected chi connectivity index (χ4v) is 3.65. The molecule has 1 aromatic carbocycles. The van der Waals surface area contributed by atoms with Gasteiger partial charge >= 0.3 is 0 Å². The number of aryl methyl sites for hydroxylation is 1. The molecule has 0 radical (unpaired) electrons. The Morgan fingerprint density at radius 3 is 2.87 bits per heavy atom. The third kappa shape index (κ3) is 5.58. The van der Waals surface area contributed by atoms with Crippen LogP contribution in [0.4, 0.5) is 0 Å². The summed E-state index contributed by atoms with van der Waals surface area (Å²) in [5.74, 6) is 1.10. The van der Waals surface area contributed by atoms with E-state index in [1.807, 2.05) is 43.0 Å². The molecule has 1 saturated heterocycles. The van der Waals surface area contributed by atoms with Crippen LogP contribution in [0.25, 0.3) is 0 Å². The lowest BCUT2D eigenvalue weighted by Crippen LogP contribution is -2.41. The lowest BCUT2D eigenvalue weighted by Gasteiger charge is -2.32. The van der Waals surface area contributed by atoms with Crippen molar-refractivity contribution in [3.8, 4) is 5.75 Å². The second-order valence-electron chi connectivity index (χ2n) is 8.14. The molecule has 0 saturated carbocycles. The standard InChI is InChI=1S/C22H31N5O3/c1-16(2)13-23-22(29)19-15-27(25-24-19)18-8-6-12-26(14-18)21(28)11-10-17-7-4-5-9-20(17)30-3/h4-5,7,9,15-16,18H,6,8,10-14H2,1-3H3,(H,23,29)/t18-/m0/s1. The second kappa shape index (κ2) is 10.2. The smallest absolute Gasteiger partial charge is 0.273 e. The number of methoxy groups -OCH3 is 1. The molecule has 2 aromatic rings. The van der Waals surface area contributed by atoms with Gasteiger partial charge in [0.05, 0.1) is 19.3 Å². The van der Waals surface area contributed by atoms with Gasteiger partial charge in [0.2, 0.25) is 5.91 Å². The van der Waals surface area contributed by atoms with Crippen molar-refractivity contribution >= 4 is 11.8 Å². The van der Waals surface area contributed by atoms with Crippen LogP contribution < -0.4 is 10.1 Å². The Balaban J connectivity index is 1.56. The highest BCUT2D eigenvalue weighted by atomic mass is 16.5. The lowest BCUT2D eigenvalue weighted by atomic mass is 10.0. The normalized spacial score (nSPS) is 16.5. The van der Waals surface area contributed by atoms with Crippen molar-refractivity contribution in [1.29, 1.82) is 0 Å². The molecule has 8 nitrogen and oxygen atoms in total. The zero-order valence-electron chi connectivity index (χ0n) is 18.0. The number of benzene rings is 1. The SMILES string of the molecule is COc1ccccc1CCC(=O)N1CCC[C@H](n2cc(C(=O)NCC(C)C)nn2)C1. The van der Waals surface area contributed by atoms with Crippen molar-refractivity contribution in [2.24, 2.45) is 5.92 Å². The minimum absolute atomic E-state index is 0.0353. The molecule has 0 unspecified atom stereocenters. The summed E-state index contributed by atoms with van der Waals surface area (Å²) in [4.78, 5) is 26.9. The van der Waals surface area contributed by atoms with E-state index in [0.717, 1.165) is 30.7 Å². The Morgan fingerprint density at radius 2 is 2.10 bits per heavy atom. The molecule has 1 aliphatic rings. The first kappa shape index (κ1) is 21.8. The average molecular weight is 414 g/mol. The number of hydrogen-bond donors (Lipinski definition) is 1. The highest BCUT2D eigenvalue weighted by Gasteiger charge is 2.26. The number of nitrogens with one attached hydrogen (secondary N) is 1. The number of likely N-dealkylation sites (tertiary alicyclic amines) is 1. The van der Waals surface area contributed by atoms with Crippen LogP contribution in [0.2, 0.25) is 0 Å². The molecule has 1 N–H and O–H groups in total. The fraction of sp³-hybridized carbons (Fsp3) is 0.545. The van der Waals surface area contributed by atoms with Gasteiger partial charge in [-0.25, -0.2) is 4.68 Å². The van der Waals surface area contributed by atoms with Crippen LogP contribution in [0, 0.1) is 5.92 Å². The number of amides is 2. The molecule has 30 heavy (non-hydrogen) atoms. The molecule has 1 atom stereocenters. The van der Waals surface area contributed by atoms with Crippen LogP contribution in [-0.4, -0.2) is 58.5 Å². The first-order chi connectivity index (χ1) is 14.5. The maximum Gasteiger partial charge on any atom is 0.273 e. The van der Waals surface area contributed by atoms with E-state index >= 15 is 0 Å². The van der Waals surface area contributed by atoms with Gasteiger partial charge < -0.3 is 15.0 Å². The van der Waals surface area contributed by atoms with Crippen LogP contribution in [-0.2, 0) is 11.2 Å². The zero-order valence-corrected chi connectivity index (χ0v) is 18.0. The van der Waals surface area contributed by atoms with E-state index in [4.69, 9.17) is 4.74 Å². The maximum atomic E-state index is 12.8. The van der Waals surface area contributed by atoms with E-state index in [1.54, 1.807) is 18.0 Å². The number of nitrogens with zero attached hydrogens (tertiary/aromatic N) is 4. The Morgan fingerprint density at radius 1 is 1.30 bits per heavy atom. The van der Waals surface area contributed by atoms with Crippen molar-refractivity contribution in [1.82, 2.24) is 25.2 Å². The zero-order chi connectivity index (χ0) is 21.5. The van der Waals surface area contributed by atoms with Gasteiger partial charge in [0, 0.05) is 26.1 Å². The highest BCUT2D eigenvalue weighted by Crippen LogP contribution is 2.23. The minimum atomic E-state index is -0.212. The van der Waals surface area contributed by atoms with Crippen molar-refractivity contribution in [3.63, 3.8) is 0 Å². The first-order valence-electron chi connectivity index (χ1n) is 10.6. The van der Waals surface area contributed by atoms with Gasteiger partial charge in [-0.15, -0.1) is 5.10 Å². The number of rotatable bonds is 8. The predicted octanol–water partition coefficient (Wildman–Crippen LogP) is 2.47. The fourth-order valence-electron chi connectivity index (χ4n) is 3.65. The van der Waals surface area contributed by atoms with E-state index < -0.39 is 0 Å². The van der Waals surface area contributed by atoms with Crippen LogP contribution >= 0.6 is 0 Å². The summed E-state index contributed by atoms with van der Waals surface area (Å²) in [6, 6.07) is 7.82. The Labute approximate surface area is 177 Å². The average Bonchev–Trinajstić information content (AvgIpc) is 3.26. The molecule has 1 fully saturated rings. The largest absolute Gasteiger partial charge is 0.496 e. The monoisotopic (exact) mass is 413 g/mol. The molecule has 1 aliphatic heterocycles. The Hall–Kier alpha value is -2.90. The maximum absolute atomic E-state index is 12.8. The summed E-state index contributed by atoms with van der Waals surface area (Å²) in [6.07, 6.45) is 4.58. The molecule has 0 spiro atoms. The van der Waals surface area contributed by atoms with Crippen LogP contribution in [0.15, 0.2) is 30.5 Å². The van der Waals surface area contributed by atoms with Crippen LogP contribution in [0.5, 0.6) is 5.75 Å². The van der Waals surface area contributed by atoms with Gasteiger partial charge in [-0.3, -0.25) is 9.59 Å². The number of piperidine rings is 1. The van der Waals surface area contributed by atoms with Gasteiger partial charge in [-0.2, -0.15) is 0 Å². The molecule has 162 valence electrons. The summed E-state index contributed by atoms with van der Waals surface area (Å²) in [5.41, 5.74) is 1.35. The Kier molecular flexibility index (Phi) is 7.43. The molecule has 8 heteroatoms. The quantitative estimate of drug-likeness (QED) is 0.718. The van der Waals surface area contributed by atoms with Gasteiger partial charge in [0.15, 0.2) is 5.69 Å². The van der Waals surface area contributed by atoms with E-state index in [1.165, 1.54) is 0 Å². The first-order valence-corrected chi connectivity index (χ1v) is 10.6. The number of hydrogen-bond acceptors (Lipinski definition) is 5. The van der Waals surface area contributed by atoms with Crippen molar-refractivity contribution < 1.29 is 14.3 Å². The van der Waals surface area contributed by atoms with E-state index in [-0.39, 0.29) is 17.9 Å². The van der Waals surface area contributed by atoms with Crippen molar-refractivity contribution in [3.05, 3.63) is 41.7 Å². The Bertz CT molecular complexity index is 864. The molecule has 3 rings (SSSR count). The summed E-state index contributed by atoms with van der Waals surface area (Å²) in [7, 11) is 1.64.